The Morgan fingerprint density at radius 1 is 1.00 bits per heavy atom. The Hall–Kier alpha value is -2.79. The van der Waals surface area contributed by atoms with Crippen molar-refractivity contribution in [3.8, 4) is 0 Å². The molecule has 6 heteroatoms. The van der Waals surface area contributed by atoms with Crippen molar-refractivity contribution in [2.75, 3.05) is 10.6 Å². The third-order valence-corrected chi connectivity index (χ3v) is 3.51. The van der Waals surface area contributed by atoms with E-state index in [4.69, 9.17) is 11.6 Å². The molecule has 0 bridgehead atoms. The van der Waals surface area contributed by atoms with Gasteiger partial charge in [0.15, 0.2) is 0 Å². The number of carbonyl (C=O) groups is 2. The van der Waals surface area contributed by atoms with Gasteiger partial charge in [0.25, 0.3) is 5.91 Å². The number of aromatic nitrogens is 1. The molecule has 2 aromatic carbocycles. The van der Waals surface area contributed by atoms with Crippen LogP contribution >= 0.6 is 11.6 Å². The molecule has 1 heterocycles. The number of carbonyl (C=O) groups excluding carboxylic acids is 2. The molecule has 0 radical (unpaired) electrons. The molecule has 0 aliphatic carbocycles. The van der Waals surface area contributed by atoms with Crippen LogP contribution in [0, 0.1) is 0 Å². The summed E-state index contributed by atoms with van der Waals surface area (Å²) in [7, 11) is 0. The topological polar surface area (TPSA) is 74.0 Å². The fraction of sp³-hybridized carbons (Fsp3) is 0.0588. The van der Waals surface area contributed by atoms with Crippen LogP contribution in [0.4, 0.5) is 11.4 Å². The first-order valence-electron chi connectivity index (χ1n) is 6.98. The van der Waals surface area contributed by atoms with E-state index in [0.29, 0.717) is 22.1 Å². The Morgan fingerprint density at radius 3 is 2.48 bits per heavy atom. The van der Waals surface area contributed by atoms with Gasteiger partial charge in [0.2, 0.25) is 5.91 Å². The molecule has 0 fully saturated rings. The first kappa shape index (κ1) is 15.1. The van der Waals surface area contributed by atoms with Gasteiger partial charge in [-0.2, -0.15) is 0 Å². The lowest BCUT2D eigenvalue weighted by Gasteiger charge is -2.07. The molecule has 116 valence electrons. The highest BCUT2D eigenvalue weighted by atomic mass is 35.5. The molecule has 3 aromatic rings. The number of benzene rings is 2. The number of hydrogen-bond acceptors (Lipinski definition) is 2. The normalized spacial score (nSPS) is 10.5. The van der Waals surface area contributed by atoms with E-state index in [1.54, 1.807) is 42.5 Å². The second-order valence-corrected chi connectivity index (χ2v) is 5.57. The van der Waals surface area contributed by atoms with E-state index >= 15 is 0 Å². The van der Waals surface area contributed by atoms with Crippen LogP contribution in [0.25, 0.3) is 10.9 Å². The highest BCUT2D eigenvalue weighted by molar-refractivity contribution is 6.31. The number of halogens is 1. The van der Waals surface area contributed by atoms with E-state index in [1.807, 2.05) is 6.07 Å². The molecule has 3 rings (SSSR count). The summed E-state index contributed by atoms with van der Waals surface area (Å²) in [5.74, 6) is -0.432. The standard InChI is InChI=1S/C17H14ClN3O2/c1-10(22)19-13-3-2-4-14(9-13)20-17(23)16-7-11-5-6-12(18)8-15(11)21-16/h2-9,21H,1H3,(H,19,22)(H,20,23). The lowest BCUT2D eigenvalue weighted by Crippen LogP contribution is -2.12. The number of amides is 2. The molecule has 0 spiro atoms. The summed E-state index contributed by atoms with van der Waals surface area (Å²) < 4.78 is 0. The predicted octanol–water partition coefficient (Wildman–Crippen LogP) is 4.03. The van der Waals surface area contributed by atoms with Crippen LogP contribution in [0.15, 0.2) is 48.5 Å². The molecule has 3 N–H and O–H groups in total. The van der Waals surface area contributed by atoms with Crippen molar-refractivity contribution in [3.05, 3.63) is 59.2 Å². The van der Waals surface area contributed by atoms with Gasteiger partial charge in [-0.15, -0.1) is 0 Å². The van der Waals surface area contributed by atoms with E-state index in [0.717, 1.165) is 10.9 Å². The Kier molecular flexibility index (Phi) is 4.04. The number of H-pyrrole nitrogens is 1. The van der Waals surface area contributed by atoms with Crippen molar-refractivity contribution in [2.45, 2.75) is 6.92 Å². The van der Waals surface area contributed by atoms with E-state index in [2.05, 4.69) is 15.6 Å². The van der Waals surface area contributed by atoms with E-state index in [-0.39, 0.29) is 11.8 Å². The third-order valence-electron chi connectivity index (χ3n) is 3.27. The molecular formula is C17H14ClN3O2. The second kappa shape index (κ2) is 6.14. The number of rotatable bonds is 3. The maximum atomic E-state index is 12.3. The maximum Gasteiger partial charge on any atom is 0.272 e. The van der Waals surface area contributed by atoms with Gasteiger partial charge in [-0.25, -0.2) is 0 Å². The second-order valence-electron chi connectivity index (χ2n) is 5.13. The van der Waals surface area contributed by atoms with E-state index in [1.165, 1.54) is 6.92 Å². The average molecular weight is 328 g/mol. The molecule has 0 aliphatic heterocycles. The van der Waals surface area contributed by atoms with Crippen LogP contribution in [0.2, 0.25) is 5.02 Å². The molecule has 2 amide bonds. The summed E-state index contributed by atoms with van der Waals surface area (Å²) >= 11 is 5.94. The highest BCUT2D eigenvalue weighted by Gasteiger charge is 2.10. The first-order chi connectivity index (χ1) is 11.0. The van der Waals surface area contributed by atoms with Crippen LogP contribution in [0.3, 0.4) is 0 Å². The minimum Gasteiger partial charge on any atom is -0.350 e. The zero-order valence-electron chi connectivity index (χ0n) is 12.3. The monoisotopic (exact) mass is 327 g/mol. The van der Waals surface area contributed by atoms with Gasteiger partial charge < -0.3 is 15.6 Å². The van der Waals surface area contributed by atoms with Crippen LogP contribution in [0.1, 0.15) is 17.4 Å². The van der Waals surface area contributed by atoms with Crippen LogP contribution in [0.5, 0.6) is 0 Å². The molecule has 5 nitrogen and oxygen atoms in total. The minimum atomic E-state index is -0.266. The number of nitrogens with one attached hydrogen (secondary N) is 3. The number of anilines is 2. The number of hydrogen-bond donors (Lipinski definition) is 3. The SMILES string of the molecule is CC(=O)Nc1cccc(NC(=O)c2cc3ccc(Cl)cc3[nH]2)c1. The number of fused-ring (bicyclic) bond motifs is 1. The smallest absolute Gasteiger partial charge is 0.272 e. The van der Waals surface area contributed by atoms with Crippen LogP contribution in [-0.2, 0) is 4.79 Å². The molecular weight excluding hydrogens is 314 g/mol. The van der Waals surface area contributed by atoms with Crippen molar-refractivity contribution in [2.24, 2.45) is 0 Å². The Labute approximate surface area is 137 Å². The molecule has 23 heavy (non-hydrogen) atoms. The summed E-state index contributed by atoms with van der Waals surface area (Å²) in [6.45, 7) is 1.43. The fourth-order valence-electron chi connectivity index (χ4n) is 2.30. The lowest BCUT2D eigenvalue weighted by molar-refractivity contribution is -0.114. The summed E-state index contributed by atoms with van der Waals surface area (Å²) in [5.41, 5.74) is 2.46. The zero-order chi connectivity index (χ0) is 16.4. The van der Waals surface area contributed by atoms with Crippen molar-refractivity contribution < 1.29 is 9.59 Å². The van der Waals surface area contributed by atoms with Gasteiger partial charge in [-0.3, -0.25) is 9.59 Å². The summed E-state index contributed by atoms with van der Waals surface area (Å²) in [6.07, 6.45) is 0. The predicted molar refractivity (Wildman–Crippen MR) is 92.0 cm³/mol. The molecule has 0 saturated carbocycles. The largest absolute Gasteiger partial charge is 0.350 e. The summed E-state index contributed by atoms with van der Waals surface area (Å²) in [6, 6.07) is 14.1. The van der Waals surface area contributed by atoms with Crippen LogP contribution in [-0.4, -0.2) is 16.8 Å². The molecule has 0 unspecified atom stereocenters. The van der Waals surface area contributed by atoms with Gasteiger partial charge in [0.05, 0.1) is 0 Å². The minimum absolute atomic E-state index is 0.166. The van der Waals surface area contributed by atoms with Gasteiger partial charge in [-0.1, -0.05) is 23.7 Å². The zero-order valence-corrected chi connectivity index (χ0v) is 13.1. The van der Waals surface area contributed by atoms with Gasteiger partial charge in [-0.05, 0) is 36.4 Å². The number of aromatic amines is 1. The molecule has 0 atom stereocenters. The average Bonchev–Trinajstić information content (AvgIpc) is 2.90. The molecule has 1 aromatic heterocycles. The van der Waals surface area contributed by atoms with E-state index < -0.39 is 0 Å². The summed E-state index contributed by atoms with van der Waals surface area (Å²) in [5, 5.41) is 6.98. The lowest BCUT2D eigenvalue weighted by atomic mass is 10.2. The maximum absolute atomic E-state index is 12.3. The fourth-order valence-corrected chi connectivity index (χ4v) is 2.47. The Balaban J connectivity index is 1.81. The van der Waals surface area contributed by atoms with Gasteiger partial charge in [0.1, 0.15) is 5.69 Å². The van der Waals surface area contributed by atoms with Crippen molar-refractivity contribution >= 4 is 45.7 Å². The van der Waals surface area contributed by atoms with Gasteiger partial charge >= 0.3 is 0 Å². The molecule has 0 aliphatic rings. The highest BCUT2D eigenvalue weighted by Crippen LogP contribution is 2.21. The third kappa shape index (κ3) is 3.52. The van der Waals surface area contributed by atoms with Crippen LogP contribution < -0.4 is 10.6 Å². The quantitative estimate of drug-likeness (QED) is 0.679. The summed E-state index contributed by atoms with van der Waals surface area (Å²) in [4.78, 5) is 26.5. The Bertz CT molecular complexity index is 902. The first-order valence-corrected chi connectivity index (χ1v) is 7.36. The van der Waals surface area contributed by atoms with Crippen molar-refractivity contribution in [3.63, 3.8) is 0 Å². The Morgan fingerprint density at radius 2 is 1.74 bits per heavy atom. The molecule has 0 saturated heterocycles. The van der Waals surface area contributed by atoms with Crippen molar-refractivity contribution in [1.29, 1.82) is 0 Å². The van der Waals surface area contributed by atoms with Crippen molar-refractivity contribution in [1.82, 2.24) is 4.98 Å². The van der Waals surface area contributed by atoms with E-state index in [9.17, 15) is 9.59 Å². The van der Waals surface area contributed by atoms with Gasteiger partial charge in [0, 0.05) is 34.2 Å².